The number of hydrogen-bond donors (Lipinski definition) is 5. The van der Waals surface area contributed by atoms with E-state index in [1.54, 1.807) is 24.3 Å². The number of hydrogen-bond acceptors (Lipinski definition) is 4. The number of carbonyl (C=O) groups excluding carboxylic acids is 1. The molecule has 2 aromatic rings. The number of benzene rings is 2. The molecule has 0 spiro atoms. The molecule has 0 radical (unpaired) electrons. The zero-order valence-electron chi connectivity index (χ0n) is 12.6. The summed E-state index contributed by atoms with van der Waals surface area (Å²) in [5, 5.41) is 26.1. The Kier molecular flexibility index (Phi) is 6.53. The normalized spacial score (nSPS) is 10.3. The Balaban J connectivity index is 2.10. The predicted molar refractivity (Wildman–Crippen MR) is 94.7 cm³/mol. The van der Waals surface area contributed by atoms with E-state index in [-0.39, 0.29) is 25.4 Å². The molecule has 2 amide bonds. The third-order valence-electron chi connectivity index (χ3n) is 3.12. The van der Waals surface area contributed by atoms with Crippen molar-refractivity contribution in [3.8, 4) is 0 Å². The number of rotatable bonds is 6. The second-order valence-corrected chi connectivity index (χ2v) is 5.74. The van der Waals surface area contributed by atoms with Crippen LogP contribution in [-0.2, 0) is 6.61 Å². The summed E-state index contributed by atoms with van der Waals surface area (Å²) in [7, 11) is 0. The van der Waals surface area contributed by atoms with Crippen LogP contribution in [0, 0.1) is 5.82 Å². The summed E-state index contributed by atoms with van der Waals surface area (Å²) < 4.78 is 14.3. The molecule has 0 aromatic heterocycles. The summed E-state index contributed by atoms with van der Waals surface area (Å²) in [5.74, 6) is -0.522. The maximum atomic E-state index is 13.6. The van der Waals surface area contributed by atoms with Crippen molar-refractivity contribution in [1.82, 2.24) is 0 Å². The topological polar surface area (TPSA) is 93.6 Å². The van der Waals surface area contributed by atoms with E-state index in [2.05, 4.69) is 31.9 Å². The summed E-state index contributed by atoms with van der Waals surface area (Å²) in [5.41, 5.74) is 1.68. The van der Waals surface area contributed by atoms with Gasteiger partial charge in [0.2, 0.25) is 0 Å². The van der Waals surface area contributed by atoms with Crippen LogP contribution in [0.4, 0.5) is 26.2 Å². The lowest BCUT2D eigenvalue weighted by molar-refractivity contribution is 0.262. The van der Waals surface area contributed by atoms with Gasteiger partial charge in [-0.15, -0.1) is 0 Å². The van der Waals surface area contributed by atoms with Crippen LogP contribution in [0.1, 0.15) is 5.56 Å². The molecule has 0 saturated heterocycles. The van der Waals surface area contributed by atoms with Crippen LogP contribution in [0.15, 0.2) is 40.9 Å². The van der Waals surface area contributed by atoms with Gasteiger partial charge in [-0.1, -0.05) is 22.0 Å². The first-order valence-electron chi connectivity index (χ1n) is 7.15. The van der Waals surface area contributed by atoms with Gasteiger partial charge in [0.25, 0.3) is 0 Å². The molecule has 2 aromatic carbocycles. The molecule has 0 aliphatic rings. The first-order valence-corrected chi connectivity index (χ1v) is 7.94. The standard InChI is InChI=1S/C16H17BrFN3O3/c17-14-2-1-3-15(13(14)9-23)21-16(24)20-12-7-10(18)6-11(8-12)19-4-5-22/h1-3,6-8,19,22-23H,4-5,9H2,(H2,20,21,24). The maximum absolute atomic E-state index is 13.6. The second kappa shape index (κ2) is 8.62. The number of amides is 2. The number of halogens is 2. The van der Waals surface area contributed by atoms with Gasteiger partial charge >= 0.3 is 6.03 Å². The van der Waals surface area contributed by atoms with Gasteiger partial charge in [-0.2, -0.15) is 0 Å². The van der Waals surface area contributed by atoms with Crippen LogP contribution in [0.2, 0.25) is 0 Å². The monoisotopic (exact) mass is 397 g/mol. The van der Waals surface area contributed by atoms with Gasteiger partial charge in [0, 0.05) is 33.6 Å². The zero-order valence-corrected chi connectivity index (χ0v) is 14.2. The number of anilines is 3. The molecule has 8 heteroatoms. The van der Waals surface area contributed by atoms with Crippen LogP contribution in [0.25, 0.3) is 0 Å². The van der Waals surface area contributed by atoms with Crippen molar-refractivity contribution in [2.75, 3.05) is 29.1 Å². The molecule has 5 N–H and O–H groups in total. The van der Waals surface area contributed by atoms with Gasteiger partial charge in [-0.05, 0) is 30.3 Å². The molecule has 0 bridgehead atoms. The van der Waals surface area contributed by atoms with Crippen molar-refractivity contribution in [3.05, 3.63) is 52.3 Å². The van der Waals surface area contributed by atoms with E-state index < -0.39 is 11.8 Å². The number of aliphatic hydroxyl groups is 2. The summed E-state index contributed by atoms with van der Waals surface area (Å²) in [6.45, 7) is -0.0637. The van der Waals surface area contributed by atoms with E-state index >= 15 is 0 Å². The lowest BCUT2D eigenvalue weighted by Crippen LogP contribution is -2.20. The minimum absolute atomic E-state index is 0.0907. The number of nitrogens with one attached hydrogen (secondary N) is 3. The fraction of sp³-hybridized carbons (Fsp3) is 0.188. The zero-order chi connectivity index (χ0) is 17.5. The Morgan fingerprint density at radius 2 is 1.88 bits per heavy atom. The molecule has 0 aliphatic heterocycles. The van der Waals surface area contributed by atoms with E-state index in [0.717, 1.165) is 0 Å². The van der Waals surface area contributed by atoms with Crippen molar-refractivity contribution in [2.45, 2.75) is 6.61 Å². The molecular weight excluding hydrogens is 381 g/mol. The largest absolute Gasteiger partial charge is 0.395 e. The van der Waals surface area contributed by atoms with Crippen LogP contribution >= 0.6 is 15.9 Å². The van der Waals surface area contributed by atoms with Crippen LogP contribution in [0.5, 0.6) is 0 Å². The average molecular weight is 398 g/mol. The van der Waals surface area contributed by atoms with Crippen LogP contribution in [0.3, 0.4) is 0 Å². The van der Waals surface area contributed by atoms with Gasteiger partial charge in [-0.3, -0.25) is 0 Å². The Morgan fingerprint density at radius 1 is 1.12 bits per heavy atom. The third-order valence-corrected chi connectivity index (χ3v) is 3.86. The van der Waals surface area contributed by atoms with Gasteiger partial charge in [0.15, 0.2) is 0 Å². The van der Waals surface area contributed by atoms with Gasteiger partial charge in [0.05, 0.1) is 13.2 Å². The van der Waals surface area contributed by atoms with Gasteiger partial charge in [0.1, 0.15) is 5.82 Å². The first-order chi connectivity index (χ1) is 11.5. The SMILES string of the molecule is O=C(Nc1cc(F)cc(NCCO)c1)Nc1cccc(Br)c1CO. The third kappa shape index (κ3) is 4.92. The summed E-state index contributed by atoms with van der Waals surface area (Å²) in [6, 6.07) is 8.54. The van der Waals surface area contributed by atoms with Crippen molar-refractivity contribution >= 4 is 39.0 Å². The molecule has 24 heavy (non-hydrogen) atoms. The molecule has 0 atom stereocenters. The Labute approximate surface area is 146 Å². The van der Waals surface area contributed by atoms with Crippen molar-refractivity contribution in [1.29, 1.82) is 0 Å². The van der Waals surface area contributed by atoms with Crippen LogP contribution in [-0.4, -0.2) is 29.4 Å². The molecule has 0 fully saturated rings. The molecule has 0 aliphatic carbocycles. The minimum Gasteiger partial charge on any atom is -0.395 e. The second-order valence-electron chi connectivity index (χ2n) is 4.88. The number of carbonyl (C=O) groups is 1. The first kappa shape index (κ1) is 18.2. The highest BCUT2D eigenvalue weighted by Crippen LogP contribution is 2.25. The van der Waals surface area contributed by atoms with Crippen molar-refractivity contribution in [3.63, 3.8) is 0 Å². The lowest BCUT2D eigenvalue weighted by atomic mass is 10.2. The van der Waals surface area contributed by atoms with Gasteiger partial charge in [-0.25, -0.2) is 9.18 Å². The fourth-order valence-corrected chi connectivity index (χ4v) is 2.58. The van der Waals surface area contributed by atoms with E-state index in [1.807, 2.05) is 0 Å². The average Bonchev–Trinajstić information content (AvgIpc) is 2.52. The summed E-state index contributed by atoms with van der Waals surface area (Å²) in [4.78, 5) is 12.1. The molecule has 6 nitrogen and oxygen atoms in total. The molecule has 0 saturated carbocycles. The minimum atomic E-state index is -0.568. The molecular formula is C16H17BrFN3O3. The fourth-order valence-electron chi connectivity index (χ4n) is 2.09. The Bertz CT molecular complexity index is 728. The van der Waals surface area contributed by atoms with Crippen LogP contribution < -0.4 is 16.0 Å². The summed E-state index contributed by atoms with van der Waals surface area (Å²) in [6.07, 6.45) is 0. The Hall–Kier alpha value is -2.16. The molecule has 2 rings (SSSR count). The highest BCUT2D eigenvalue weighted by atomic mass is 79.9. The highest BCUT2D eigenvalue weighted by molar-refractivity contribution is 9.10. The smallest absolute Gasteiger partial charge is 0.323 e. The van der Waals surface area contributed by atoms with E-state index in [0.29, 0.717) is 21.4 Å². The summed E-state index contributed by atoms with van der Waals surface area (Å²) >= 11 is 3.30. The maximum Gasteiger partial charge on any atom is 0.323 e. The number of aliphatic hydroxyl groups excluding tert-OH is 2. The quantitative estimate of drug-likeness (QED) is 0.517. The van der Waals surface area contributed by atoms with Crippen molar-refractivity contribution < 1.29 is 19.4 Å². The van der Waals surface area contributed by atoms with E-state index in [4.69, 9.17) is 5.11 Å². The lowest BCUT2D eigenvalue weighted by Gasteiger charge is -2.13. The molecule has 0 heterocycles. The van der Waals surface area contributed by atoms with E-state index in [1.165, 1.54) is 12.1 Å². The van der Waals surface area contributed by atoms with E-state index in [9.17, 15) is 14.3 Å². The predicted octanol–water partition coefficient (Wildman–Crippen LogP) is 3.13. The van der Waals surface area contributed by atoms with Gasteiger partial charge < -0.3 is 26.2 Å². The molecule has 128 valence electrons. The molecule has 0 unspecified atom stereocenters. The van der Waals surface area contributed by atoms with Crippen molar-refractivity contribution in [2.24, 2.45) is 0 Å². The number of urea groups is 1. The Morgan fingerprint density at radius 3 is 2.58 bits per heavy atom. The highest BCUT2D eigenvalue weighted by Gasteiger charge is 2.10.